The Kier molecular flexibility index (Phi) is 8.00. The Morgan fingerprint density at radius 3 is 2.14 bits per heavy atom. The van der Waals surface area contributed by atoms with Crippen LogP contribution in [0.2, 0.25) is 0 Å². The Bertz CT molecular complexity index is 1070. The number of amides is 2. The van der Waals surface area contributed by atoms with Gasteiger partial charge >= 0.3 is 12.1 Å². The Morgan fingerprint density at radius 1 is 1.06 bits per heavy atom. The molecular formula is C25H25Cl3N2O5S. The van der Waals surface area contributed by atoms with Gasteiger partial charge in [-0.2, -0.15) is 0 Å². The zero-order valence-electron chi connectivity index (χ0n) is 19.5. The number of halogens is 3. The zero-order chi connectivity index (χ0) is 26.1. The number of carbonyl (C=O) groups is 3. The molecule has 2 saturated heterocycles. The topological polar surface area (TPSA) is 84.9 Å². The lowest BCUT2D eigenvalue weighted by atomic mass is 9.91. The van der Waals surface area contributed by atoms with Crippen LogP contribution in [0.3, 0.4) is 0 Å². The molecular weight excluding hydrogens is 547 g/mol. The maximum absolute atomic E-state index is 13.5. The molecule has 2 heterocycles. The lowest BCUT2D eigenvalue weighted by molar-refractivity contribution is -0.168. The molecule has 0 radical (unpaired) electrons. The minimum atomic E-state index is -1.73. The third kappa shape index (κ3) is 5.88. The van der Waals surface area contributed by atoms with Crippen molar-refractivity contribution in [3.63, 3.8) is 0 Å². The number of alkyl carbamates (subject to hydrolysis) is 1. The minimum Gasteiger partial charge on any atom is -0.451 e. The predicted molar refractivity (Wildman–Crippen MR) is 140 cm³/mol. The van der Waals surface area contributed by atoms with Crippen LogP contribution in [-0.4, -0.2) is 56.0 Å². The number of nitrogens with one attached hydrogen (secondary N) is 1. The second kappa shape index (κ2) is 10.7. The monoisotopic (exact) mass is 570 g/mol. The summed E-state index contributed by atoms with van der Waals surface area (Å²) in [6.07, 6.45) is -1.40. The fraction of sp³-hybridized carbons (Fsp3) is 0.400. The van der Waals surface area contributed by atoms with E-state index in [9.17, 15) is 14.4 Å². The molecule has 192 valence electrons. The molecule has 2 aromatic rings. The lowest BCUT2D eigenvalue weighted by Gasteiger charge is -2.44. The van der Waals surface area contributed by atoms with E-state index in [1.807, 2.05) is 74.5 Å². The number of carbonyl (C=O) groups excluding carboxylic acids is 3. The van der Waals surface area contributed by atoms with Crippen LogP contribution >= 0.6 is 46.6 Å². The fourth-order valence-electron chi connectivity index (χ4n) is 4.42. The number of hydrogen-bond donors (Lipinski definition) is 1. The van der Waals surface area contributed by atoms with E-state index in [0.717, 1.165) is 11.1 Å². The number of thioether (sulfide) groups is 1. The first-order valence-corrected chi connectivity index (χ1v) is 13.3. The molecule has 36 heavy (non-hydrogen) atoms. The normalized spacial score (nSPS) is 22.6. The number of alkyl halides is 3. The molecule has 2 aliphatic heterocycles. The first kappa shape index (κ1) is 26.9. The summed E-state index contributed by atoms with van der Waals surface area (Å²) in [5.41, 5.74) is 1.67. The van der Waals surface area contributed by atoms with Gasteiger partial charge in [-0.25, -0.2) is 9.59 Å². The maximum Gasteiger partial charge on any atom is 0.407 e. The molecule has 0 bridgehead atoms. The lowest BCUT2D eigenvalue weighted by Crippen LogP contribution is -2.65. The Hall–Kier alpha value is -2.13. The average molecular weight is 572 g/mol. The summed E-state index contributed by atoms with van der Waals surface area (Å²) < 4.78 is 8.59. The van der Waals surface area contributed by atoms with Gasteiger partial charge in [-0.1, -0.05) is 95.5 Å². The van der Waals surface area contributed by atoms with Crippen molar-refractivity contribution >= 4 is 64.5 Å². The molecule has 2 fully saturated rings. The molecule has 3 atom stereocenters. The van der Waals surface area contributed by atoms with Crippen LogP contribution < -0.4 is 5.32 Å². The summed E-state index contributed by atoms with van der Waals surface area (Å²) in [4.78, 5) is 40.1. The van der Waals surface area contributed by atoms with Crippen molar-refractivity contribution in [1.29, 1.82) is 0 Å². The van der Waals surface area contributed by atoms with Gasteiger partial charge in [-0.05, 0) is 25.0 Å². The van der Waals surface area contributed by atoms with Gasteiger partial charge in [0.15, 0.2) is 6.10 Å². The van der Waals surface area contributed by atoms with E-state index in [4.69, 9.17) is 44.3 Å². The summed E-state index contributed by atoms with van der Waals surface area (Å²) >= 11 is 18.3. The highest BCUT2D eigenvalue weighted by Gasteiger charge is 2.64. The number of rotatable bonds is 7. The number of ether oxygens (including phenoxy) is 2. The molecule has 0 spiro atoms. The second-order valence-corrected chi connectivity index (χ2v) is 13.4. The summed E-state index contributed by atoms with van der Waals surface area (Å²) in [6, 6.07) is 18.2. The van der Waals surface area contributed by atoms with Gasteiger partial charge in [0.2, 0.25) is 9.70 Å². The molecule has 0 unspecified atom stereocenters. The van der Waals surface area contributed by atoms with E-state index < -0.39 is 45.3 Å². The van der Waals surface area contributed by atoms with Crippen molar-refractivity contribution in [3.8, 4) is 0 Å². The quantitative estimate of drug-likeness (QED) is 0.283. The standard InChI is InChI=1S/C25H25Cl3N2O5S/c1-24(2)19(22(32)35-18(15-9-5-3-6-10-15)16-11-7-4-8-12-16)30-20(31)17(21(30)36-24)13-29-23(33)34-14-25(26,27)28/h3-12,17-19,21H,13-14H2,1-2H3,(H,29,33)/t17-,19-,21+/m0/s1. The van der Waals surface area contributed by atoms with Crippen molar-refractivity contribution in [1.82, 2.24) is 10.2 Å². The van der Waals surface area contributed by atoms with Crippen molar-refractivity contribution in [3.05, 3.63) is 71.8 Å². The fourth-order valence-corrected chi connectivity index (χ4v) is 6.26. The largest absolute Gasteiger partial charge is 0.451 e. The highest BCUT2D eigenvalue weighted by Crippen LogP contribution is 2.53. The SMILES string of the molecule is CC1(C)S[C@@H]2[C@@H](CNC(=O)OCC(Cl)(Cl)Cl)C(=O)N2[C@H]1C(=O)OC(c1ccccc1)c1ccccc1. The minimum absolute atomic E-state index is 0.0419. The van der Waals surface area contributed by atoms with Crippen LogP contribution in [0.25, 0.3) is 0 Å². The molecule has 11 heteroatoms. The highest BCUT2D eigenvalue weighted by atomic mass is 35.6. The Labute approximate surface area is 228 Å². The Morgan fingerprint density at radius 2 is 1.61 bits per heavy atom. The maximum atomic E-state index is 13.5. The highest BCUT2D eigenvalue weighted by molar-refractivity contribution is 8.01. The van der Waals surface area contributed by atoms with Crippen LogP contribution in [-0.2, 0) is 19.1 Å². The molecule has 2 aromatic carbocycles. The van der Waals surface area contributed by atoms with Gasteiger partial charge in [0, 0.05) is 11.3 Å². The smallest absolute Gasteiger partial charge is 0.407 e. The molecule has 0 aliphatic carbocycles. The number of fused-ring (bicyclic) bond motifs is 1. The predicted octanol–water partition coefficient (Wildman–Crippen LogP) is 5.09. The van der Waals surface area contributed by atoms with Crippen molar-refractivity contribution < 1.29 is 23.9 Å². The summed E-state index contributed by atoms with van der Waals surface area (Å²) in [6.45, 7) is 3.45. The van der Waals surface area contributed by atoms with Gasteiger partial charge in [0.05, 0.1) is 11.3 Å². The average Bonchev–Trinajstić information content (AvgIpc) is 3.09. The molecule has 0 saturated carbocycles. The van der Waals surface area contributed by atoms with E-state index in [2.05, 4.69) is 5.32 Å². The molecule has 4 rings (SSSR count). The van der Waals surface area contributed by atoms with E-state index >= 15 is 0 Å². The van der Waals surface area contributed by atoms with Crippen LogP contribution in [0.4, 0.5) is 4.79 Å². The number of hydrogen-bond acceptors (Lipinski definition) is 6. The Balaban J connectivity index is 1.45. The van der Waals surface area contributed by atoms with Gasteiger partial charge < -0.3 is 19.7 Å². The molecule has 0 aromatic heterocycles. The first-order valence-electron chi connectivity index (χ1n) is 11.3. The van der Waals surface area contributed by atoms with Gasteiger partial charge in [0.1, 0.15) is 12.6 Å². The summed E-state index contributed by atoms with van der Waals surface area (Å²) in [5, 5.41) is 2.25. The zero-order valence-corrected chi connectivity index (χ0v) is 22.6. The van der Waals surface area contributed by atoms with E-state index in [-0.39, 0.29) is 17.8 Å². The molecule has 1 N–H and O–H groups in total. The number of β-lactam (4-membered cyclic amide) rings is 1. The van der Waals surface area contributed by atoms with Crippen LogP contribution in [0, 0.1) is 5.92 Å². The number of esters is 1. The first-order chi connectivity index (χ1) is 17.0. The molecule has 2 aliphatic rings. The number of nitrogens with zero attached hydrogens (tertiary/aromatic N) is 1. The third-order valence-electron chi connectivity index (χ3n) is 6.05. The number of benzene rings is 2. The van der Waals surface area contributed by atoms with E-state index in [0.29, 0.717) is 0 Å². The van der Waals surface area contributed by atoms with Gasteiger partial charge in [-0.15, -0.1) is 11.8 Å². The van der Waals surface area contributed by atoms with Gasteiger partial charge in [0.25, 0.3) is 0 Å². The van der Waals surface area contributed by atoms with Crippen LogP contribution in [0.15, 0.2) is 60.7 Å². The van der Waals surface area contributed by atoms with Crippen molar-refractivity contribution in [2.24, 2.45) is 5.92 Å². The van der Waals surface area contributed by atoms with Crippen molar-refractivity contribution in [2.45, 2.75) is 39.9 Å². The van der Waals surface area contributed by atoms with Crippen molar-refractivity contribution in [2.75, 3.05) is 13.2 Å². The summed E-state index contributed by atoms with van der Waals surface area (Å²) in [7, 11) is 0. The van der Waals surface area contributed by atoms with Crippen LogP contribution in [0.1, 0.15) is 31.1 Å². The van der Waals surface area contributed by atoms with E-state index in [1.54, 1.807) is 4.90 Å². The second-order valence-electron chi connectivity index (χ2n) is 9.08. The molecule has 2 amide bonds. The van der Waals surface area contributed by atoms with Crippen LogP contribution in [0.5, 0.6) is 0 Å². The molecule has 7 nitrogen and oxygen atoms in total. The third-order valence-corrected chi connectivity index (χ3v) is 8.00. The van der Waals surface area contributed by atoms with Gasteiger partial charge in [-0.3, -0.25) is 4.79 Å². The van der Waals surface area contributed by atoms with E-state index in [1.165, 1.54) is 11.8 Å². The summed E-state index contributed by atoms with van der Waals surface area (Å²) in [5.74, 6) is -1.22.